The maximum absolute atomic E-state index is 13.4. The number of amidine groups is 1. The third-order valence-electron chi connectivity index (χ3n) is 6.97. The standard InChI is InChI=1S/C30H38Cl2N4O5S/c1-30(2,3)41-29(38)35-19-17-33-28(35)22-13-11-21(12-14-22)20-34(4)26(37)10-5-6-18-36(23-15-16-23)42(39,40)27-24(31)8-7-9-25(27)32/h7-9,11-14,23H,5-6,10,15-20H2,1-4H3. The maximum atomic E-state index is 13.4. The van der Waals surface area contributed by atoms with E-state index in [1.807, 2.05) is 45.0 Å². The minimum absolute atomic E-state index is 0.0228. The molecule has 0 radical (unpaired) electrons. The van der Waals surface area contributed by atoms with Crippen LogP contribution in [0.15, 0.2) is 52.4 Å². The summed E-state index contributed by atoms with van der Waals surface area (Å²) < 4.78 is 33.7. The number of benzene rings is 2. The Morgan fingerprint density at radius 3 is 2.29 bits per heavy atom. The summed E-state index contributed by atoms with van der Waals surface area (Å²) >= 11 is 12.4. The summed E-state index contributed by atoms with van der Waals surface area (Å²) in [6, 6.07) is 12.2. The van der Waals surface area contributed by atoms with Gasteiger partial charge in [-0.15, -0.1) is 0 Å². The second-order valence-electron chi connectivity index (χ2n) is 11.6. The summed E-state index contributed by atoms with van der Waals surface area (Å²) in [4.78, 5) is 33.1. The van der Waals surface area contributed by atoms with Crippen molar-refractivity contribution in [2.24, 2.45) is 4.99 Å². The molecule has 0 bridgehead atoms. The van der Waals surface area contributed by atoms with Gasteiger partial charge < -0.3 is 9.64 Å². The number of halogens is 2. The van der Waals surface area contributed by atoms with Crippen molar-refractivity contribution in [1.29, 1.82) is 0 Å². The van der Waals surface area contributed by atoms with E-state index in [1.54, 1.807) is 22.9 Å². The van der Waals surface area contributed by atoms with Crippen LogP contribution in [0.5, 0.6) is 0 Å². The summed E-state index contributed by atoms with van der Waals surface area (Å²) in [5.41, 5.74) is 1.16. The van der Waals surface area contributed by atoms with Crippen molar-refractivity contribution >= 4 is 51.1 Å². The largest absolute Gasteiger partial charge is 0.443 e. The summed E-state index contributed by atoms with van der Waals surface area (Å²) in [6.07, 6.45) is 2.59. The molecule has 0 N–H and O–H groups in total. The van der Waals surface area contributed by atoms with Crippen LogP contribution in [0, 0.1) is 0 Å². The predicted octanol–water partition coefficient (Wildman–Crippen LogP) is 5.97. The first-order valence-corrected chi connectivity index (χ1v) is 16.3. The predicted molar refractivity (Wildman–Crippen MR) is 164 cm³/mol. The normalized spacial score (nSPS) is 15.6. The van der Waals surface area contributed by atoms with Crippen molar-refractivity contribution in [3.63, 3.8) is 0 Å². The van der Waals surface area contributed by atoms with Gasteiger partial charge in [-0.05, 0) is 64.2 Å². The van der Waals surface area contributed by atoms with Crippen molar-refractivity contribution in [3.05, 3.63) is 63.6 Å². The Labute approximate surface area is 258 Å². The van der Waals surface area contributed by atoms with Crippen LogP contribution >= 0.6 is 23.2 Å². The molecule has 228 valence electrons. The number of carbonyl (C=O) groups is 2. The minimum atomic E-state index is -3.85. The minimum Gasteiger partial charge on any atom is -0.443 e. The highest BCUT2D eigenvalue weighted by Gasteiger charge is 2.39. The lowest BCUT2D eigenvalue weighted by Crippen LogP contribution is -2.39. The molecule has 2 aromatic rings. The zero-order valence-electron chi connectivity index (χ0n) is 24.5. The molecule has 1 saturated carbocycles. The van der Waals surface area contributed by atoms with E-state index in [-0.39, 0.29) is 26.9 Å². The Bertz CT molecular complexity index is 1420. The molecule has 0 atom stereocenters. The molecule has 4 rings (SSSR count). The Morgan fingerprint density at radius 1 is 1.05 bits per heavy atom. The summed E-state index contributed by atoms with van der Waals surface area (Å²) in [7, 11) is -2.09. The van der Waals surface area contributed by atoms with Crippen LogP contribution in [-0.2, 0) is 26.1 Å². The Kier molecular flexibility index (Phi) is 10.2. The quantitative estimate of drug-likeness (QED) is 0.283. The van der Waals surface area contributed by atoms with Gasteiger partial charge in [-0.1, -0.05) is 53.5 Å². The molecular formula is C30H38Cl2N4O5S. The third kappa shape index (κ3) is 8.03. The van der Waals surface area contributed by atoms with Gasteiger partial charge in [-0.25, -0.2) is 13.2 Å². The zero-order chi connectivity index (χ0) is 30.7. The van der Waals surface area contributed by atoms with E-state index in [9.17, 15) is 18.0 Å². The lowest BCUT2D eigenvalue weighted by atomic mass is 10.1. The molecule has 1 aliphatic carbocycles. The van der Waals surface area contributed by atoms with Crippen molar-refractivity contribution in [1.82, 2.24) is 14.1 Å². The van der Waals surface area contributed by atoms with Gasteiger partial charge in [0, 0.05) is 38.2 Å². The molecule has 42 heavy (non-hydrogen) atoms. The zero-order valence-corrected chi connectivity index (χ0v) is 26.8. The number of amides is 2. The Morgan fingerprint density at radius 2 is 1.69 bits per heavy atom. The number of aliphatic imine (C=N–C) groups is 1. The van der Waals surface area contributed by atoms with Crippen molar-refractivity contribution in [2.45, 2.75) is 76.0 Å². The molecule has 2 aliphatic rings. The maximum Gasteiger partial charge on any atom is 0.416 e. The molecule has 0 spiro atoms. The summed E-state index contributed by atoms with van der Waals surface area (Å²) in [5.74, 6) is 0.560. The first kappa shape index (κ1) is 32.3. The van der Waals surface area contributed by atoms with Gasteiger partial charge in [0.15, 0.2) is 0 Å². The van der Waals surface area contributed by atoms with Crippen LogP contribution in [0.4, 0.5) is 4.79 Å². The number of hydrogen-bond acceptors (Lipinski definition) is 6. The number of ether oxygens (including phenoxy) is 1. The molecule has 9 nitrogen and oxygen atoms in total. The number of rotatable bonds is 11. The number of carbonyl (C=O) groups excluding carboxylic acids is 2. The van der Waals surface area contributed by atoms with Gasteiger partial charge in [0.05, 0.1) is 23.1 Å². The van der Waals surface area contributed by atoms with Gasteiger partial charge in [0.1, 0.15) is 16.3 Å². The first-order valence-electron chi connectivity index (χ1n) is 14.1. The van der Waals surface area contributed by atoms with E-state index >= 15 is 0 Å². The van der Waals surface area contributed by atoms with Gasteiger partial charge in [0.2, 0.25) is 15.9 Å². The first-order chi connectivity index (χ1) is 19.8. The average Bonchev–Trinajstić information content (AvgIpc) is 3.61. The topological polar surface area (TPSA) is 99.6 Å². The third-order valence-corrected chi connectivity index (χ3v) is 9.88. The van der Waals surface area contributed by atoms with Gasteiger partial charge in [-0.2, -0.15) is 4.31 Å². The van der Waals surface area contributed by atoms with E-state index in [0.29, 0.717) is 51.3 Å². The molecule has 0 aromatic heterocycles. The van der Waals surface area contributed by atoms with E-state index < -0.39 is 21.7 Å². The fourth-order valence-electron chi connectivity index (χ4n) is 4.75. The Balaban J connectivity index is 1.27. The molecule has 1 fully saturated rings. The molecule has 12 heteroatoms. The van der Waals surface area contributed by atoms with E-state index in [4.69, 9.17) is 27.9 Å². The second kappa shape index (κ2) is 13.3. The van der Waals surface area contributed by atoms with Crippen molar-refractivity contribution in [3.8, 4) is 0 Å². The van der Waals surface area contributed by atoms with E-state index in [1.165, 1.54) is 16.4 Å². The fraction of sp³-hybridized carbons (Fsp3) is 0.500. The summed E-state index contributed by atoms with van der Waals surface area (Å²) in [6.45, 7) is 7.21. The molecule has 1 aliphatic heterocycles. The second-order valence-corrected chi connectivity index (χ2v) is 14.3. The molecular weight excluding hydrogens is 599 g/mol. The van der Waals surface area contributed by atoms with Crippen LogP contribution in [0.2, 0.25) is 10.0 Å². The van der Waals surface area contributed by atoms with E-state index in [0.717, 1.165) is 24.0 Å². The van der Waals surface area contributed by atoms with Crippen molar-refractivity contribution in [2.75, 3.05) is 26.7 Å². The number of hydrogen-bond donors (Lipinski definition) is 0. The fourth-order valence-corrected chi connectivity index (χ4v) is 7.57. The van der Waals surface area contributed by atoms with Gasteiger partial charge in [0.25, 0.3) is 0 Å². The monoisotopic (exact) mass is 636 g/mol. The highest BCUT2D eigenvalue weighted by molar-refractivity contribution is 7.89. The highest BCUT2D eigenvalue weighted by Crippen LogP contribution is 2.37. The van der Waals surface area contributed by atoms with Crippen LogP contribution < -0.4 is 0 Å². The van der Waals surface area contributed by atoms with Gasteiger partial charge in [-0.3, -0.25) is 14.7 Å². The number of nitrogens with zero attached hydrogens (tertiary/aromatic N) is 4. The van der Waals surface area contributed by atoms with Crippen LogP contribution in [0.25, 0.3) is 0 Å². The van der Waals surface area contributed by atoms with Crippen LogP contribution in [-0.4, -0.2) is 78.7 Å². The van der Waals surface area contributed by atoms with Gasteiger partial charge >= 0.3 is 6.09 Å². The SMILES string of the molecule is CN(Cc1ccc(C2=NCCN2C(=O)OC(C)(C)C)cc1)C(=O)CCCCN(C1CC1)S(=O)(=O)c1c(Cl)cccc1Cl. The van der Waals surface area contributed by atoms with E-state index in [2.05, 4.69) is 4.99 Å². The lowest BCUT2D eigenvalue weighted by molar-refractivity contribution is -0.130. The average molecular weight is 638 g/mol. The highest BCUT2D eigenvalue weighted by atomic mass is 35.5. The lowest BCUT2D eigenvalue weighted by Gasteiger charge is -2.25. The smallest absolute Gasteiger partial charge is 0.416 e. The Hall–Kier alpha value is -2.66. The van der Waals surface area contributed by atoms with Crippen molar-refractivity contribution < 1.29 is 22.7 Å². The molecule has 0 saturated heterocycles. The molecule has 2 aromatic carbocycles. The number of sulfonamides is 1. The van der Waals surface area contributed by atoms with Crippen LogP contribution in [0.3, 0.4) is 0 Å². The van der Waals surface area contributed by atoms with Crippen LogP contribution in [0.1, 0.15) is 64.0 Å². The number of unbranched alkanes of at least 4 members (excludes halogenated alkanes) is 1. The molecule has 2 amide bonds. The summed E-state index contributed by atoms with van der Waals surface area (Å²) in [5, 5.41) is 0.212. The molecule has 0 unspecified atom stereocenters. The molecule has 1 heterocycles.